The van der Waals surface area contributed by atoms with E-state index in [-0.39, 0.29) is 59.1 Å². The Bertz CT molecular complexity index is 488. The van der Waals surface area contributed by atoms with Crippen LogP contribution in [0.2, 0.25) is 0 Å². The van der Waals surface area contributed by atoms with E-state index in [1.807, 2.05) is 5.32 Å². The van der Waals surface area contributed by atoms with Crippen LogP contribution in [0.15, 0.2) is 9.98 Å². The van der Waals surface area contributed by atoms with Gasteiger partial charge in [0.15, 0.2) is 5.84 Å². The molecule has 1 saturated heterocycles. The van der Waals surface area contributed by atoms with E-state index in [1.165, 1.54) is 0 Å². The molecule has 0 aliphatic carbocycles. The van der Waals surface area contributed by atoms with Gasteiger partial charge in [0.1, 0.15) is 6.34 Å². The van der Waals surface area contributed by atoms with Crippen LogP contribution in [0.25, 0.3) is 0 Å². The van der Waals surface area contributed by atoms with Gasteiger partial charge in [-0.15, -0.1) is 0 Å². The second kappa shape index (κ2) is 6.23. The number of nitrogens with zero attached hydrogens (tertiary/aromatic N) is 2. The Morgan fingerprint density at radius 3 is 2.44 bits per heavy atom. The van der Waals surface area contributed by atoms with E-state index in [2.05, 4.69) is 14.5 Å². The van der Waals surface area contributed by atoms with Crippen molar-refractivity contribution in [1.82, 2.24) is 10.6 Å². The average molecular weight is 292 g/mol. The summed E-state index contributed by atoms with van der Waals surface area (Å²) in [5, 5.41) is 3.71. The number of hydrogen-bond acceptors (Lipinski definition) is 8. The predicted octanol–water partition coefficient (Wildman–Crippen LogP) is -9.18. The molecule has 2 heterocycles. The largest absolute Gasteiger partial charge is 1.00 e. The van der Waals surface area contributed by atoms with Crippen LogP contribution in [0, 0.1) is 0 Å². The fourth-order valence-electron chi connectivity index (χ4n) is 1.20. The van der Waals surface area contributed by atoms with Gasteiger partial charge < -0.3 is 18.9 Å². The van der Waals surface area contributed by atoms with Gasteiger partial charge in [-0.05, 0) is 0 Å². The van der Waals surface area contributed by atoms with Crippen molar-refractivity contribution < 1.29 is 87.6 Å². The average Bonchev–Trinajstić information content (AvgIpc) is 2.46. The molecule has 86 valence electrons. The number of urea groups is 1. The minimum absolute atomic E-state index is 0. The summed E-state index contributed by atoms with van der Waals surface area (Å²) in [5.41, 5.74) is -2.44. The van der Waals surface area contributed by atoms with Crippen molar-refractivity contribution in [2.75, 3.05) is 0 Å². The van der Waals surface area contributed by atoms with E-state index in [0.29, 0.717) is 0 Å². The third kappa shape index (κ3) is 3.48. The van der Waals surface area contributed by atoms with Crippen LogP contribution in [-0.2, 0) is 13.9 Å². The number of carbonyl (C=O) groups excluding carboxylic acids is 2. The molecule has 0 aromatic heterocycles. The smallest absolute Gasteiger partial charge is 0.790 e. The van der Waals surface area contributed by atoms with Crippen LogP contribution < -0.4 is 79.5 Å². The van der Waals surface area contributed by atoms with Crippen LogP contribution in [0.4, 0.5) is 4.79 Å². The topological polar surface area (TPSA) is 155 Å². The first kappa shape index (κ1) is 18.4. The Balaban J connectivity index is 0.00000144. The molecule has 1 unspecified atom stereocenters. The zero-order chi connectivity index (χ0) is 12.0. The number of carbonyl (C=O) groups is 2. The number of rotatable bonds is 2. The van der Waals surface area contributed by atoms with Gasteiger partial charge >= 0.3 is 70.9 Å². The molecule has 13 heteroatoms. The van der Waals surface area contributed by atoms with Gasteiger partial charge in [0.05, 0.1) is 7.82 Å². The van der Waals surface area contributed by atoms with Gasteiger partial charge in [-0.3, -0.25) is 15.4 Å². The molecule has 0 aromatic rings. The van der Waals surface area contributed by atoms with Crippen molar-refractivity contribution in [1.29, 1.82) is 0 Å². The van der Waals surface area contributed by atoms with Gasteiger partial charge in [0, 0.05) is 0 Å². The van der Waals surface area contributed by atoms with Gasteiger partial charge in [-0.2, -0.15) is 0 Å². The van der Waals surface area contributed by atoms with E-state index in [9.17, 15) is 23.9 Å². The van der Waals surface area contributed by atoms with Gasteiger partial charge in [0.2, 0.25) is 0 Å². The van der Waals surface area contributed by atoms with E-state index < -0.39 is 31.3 Å². The first-order valence-corrected chi connectivity index (χ1v) is 5.27. The molecule has 0 saturated carbocycles. The fraction of sp³-hybridized carbons (Fsp3) is 0.200. The Morgan fingerprint density at radius 1 is 1.28 bits per heavy atom. The second-order valence-electron chi connectivity index (χ2n) is 2.81. The molecule has 0 bridgehead atoms. The molecule has 2 rings (SSSR count). The number of fused-ring (bicyclic) bond motifs is 1. The van der Waals surface area contributed by atoms with Crippen LogP contribution in [0.3, 0.4) is 0 Å². The van der Waals surface area contributed by atoms with Crippen LogP contribution >= 0.6 is 7.82 Å². The Labute approximate surface area is 144 Å². The second-order valence-corrected chi connectivity index (χ2v) is 3.89. The van der Waals surface area contributed by atoms with Crippen LogP contribution in [-0.4, -0.2) is 29.8 Å². The fourth-order valence-corrected chi connectivity index (χ4v) is 1.74. The zero-order valence-electron chi connectivity index (χ0n) is 9.37. The molecule has 0 aromatic carbocycles. The molecular formula is C5H3N4Na2O6P. The standard InChI is InChI=1S/C5H5N4O6P.2Na/c10-3-5(15-16(12,13)14)2(6-1-7-5)8-4(11)9-3;;/h1H,(H2,12,13,14)(H2,6,7,8,9,10,11);;/q;2*+1/p-2. The van der Waals surface area contributed by atoms with Crippen molar-refractivity contribution in [3.8, 4) is 0 Å². The minimum Gasteiger partial charge on any atom is -0.790 e. The first-order chi connectivity index (χ1) is 7.33. The van der Waals surface area contributed by atoms with Gasteiger partial charge in [0.25, 0.3) is 5.91 Å². The first-order valence-electron chi connectivity index (χ1n) is 3.81. The Hall–Kier alpha value is 0.390. The third-order valence-electron chi connectivity index (χ3n) is 1.76. The molecule has 0 spiro atoms. The molecule has 2 aliphatic heterocycles. The van der Waals surface area contributed by atoms with Crippen molar-refractivity contribution >= 4 is 31.9 Å². The van der Waals surface area contributed by atoms with Gasteiger partial charge in [-0.1, -0.05) is 0 Å². The number of nitrogens with one attached hydrogen (secondary N) is 2. The summed E-state index contributed by atoms with van der Waals surface area (Å²) in [5.74, 6) is -1.66. The summed E-state index contributed by atoms with van der Waals surface area (Å²) in [4.78, 5) is 50.0. The summed E-state index contributed by atoms with van der Waals surface area (Å²) in [6.45, 7) is 0. The normalized spacial score (nSPS) is 25.1. The molecule has 1 atom stereocenters. The SMILES string of the molecule is O=C1NC(=O)C2(OP(=O)([O-])[O-])N=CN=C2N1.[Na+].[Na+]. The Morgan fingerprint density at radius 2 is 1.89 bits per heavy atom. The number of amides is 3. The molecule has 2 aliphatic rings. The molecule has 1 fully saturated rings. The van der Waals surface area contributed by atoms with E-state index >= 15 is 0 Å². The quantitative estimate of drug-likeness (QED) is 0.380. The third-order valence-corrected chi connectivity index (χ3v) is 2.25. The number of phosphoric ester groups is 1. The van der Waals surface area contributed by atoms with E-state index in [1.54, 1.807) is 5.32 Å². The molecule has 3 amide bonds. The van der Waals surface area contributed by atoms with Crippen molar-refractivity contribution in [3.63, 3.8) is 0 Å². The molecule has 18 heavy (non-hydrogen) atoms. The van der Waals surface area contributed by atoms with E-state index in [0.717, 1.165) is 6.34 Å². The molecular weight excluding hydrogens is 289 g/mol. The summed E-state index contributed by atoms with van der Waals surface area (Å²) in [6.07, 6.45) is 0.802. The number of phosphoric acid groups is 1. The Kier molecular flexibility index (Phi) is 6.36. The molecule has 10 nitrogen and oxygen atoms in total. The van der Waals surface area contributed by atoms with Crippen molar-refractivity contribution in [2.24, 2.45) is 9.98 Å². The molecule has 0 radical (unpaired) electrons. The molecule has 2 N–H and O–H groups in total. The monoisotopic (exact) mass is 292 g/mol. The number of hydrogen-bond donors (Lipinski definition) is 2. The minimum atomic E-state index is -5.48. The maximum Gasteiger partial charge on any atom is 1.00 e. The zero-order valence-corrected chi connectivity index (χ0v) is 14.3. The van der Waals surface area contributed by atoms with Gasteiger partial charge in [-0.25, -0.2) is 14.8 Å². The van der Waals surface area contributed by atoms with Crippen LogP contribution in [0.5, 0.6) is 0 Å². The summed E-state index contributed by atoms with van der Waals surface area (Å²) < 4.78 is 14.5. The summed E-state index contributed by atoms with van der Waals surface area (Å²) >= 11 is 0. The van der Waals surface area contributed by atoms with Crippen LogP contribution in [0.1, 0.15) is 0 Å². The number of imide groups is 1. The van der Waals surface area contributed by atoms with E-state index in [4.69, 9.17) is 0 Å². The summed E-state index contributed by atoms with van der Waals surface area (Å²) in [6, 6.07) is -0.917. The van der Waals surface area contributed by atoms with Crippen molar-refractivity contribution in [3.05, 3.63) is 0 Å². The number of amidine groups is 1. The maximum atomic E-state index is 11.4. The number of aliphatic imine (C=N–C) groups is 2. The maximum absolute atomic E-state index is 11.4. The predicted molar refractivity (Wildman–Crippen MR) is 44.0 cm³/mol. The van der Waals surface area contributed by atoms with Crippen molar-refractivity contribution in [2.45, 2.75) is 5.72 Å². The summed E-state index contributed by atoms with van der Waals surface area (Å²) in [7, 11) is -5.48.